The minimum absolute atomic E-state index is 0.469. The lowest BCUT2D eigenvalue weighted by molar-refractivity contribution is -0.242. The van der Waals surface area contributed by atoms with E-state index in [1.54, 1.807) is 0 Å². The summed E-state index contributed by atoms with van der Waals surface area (Å²) in [5.74, 6) is 0. The summed E-state index contributed by atoms with van der Waals surface area (Å²) in [6.07, 6.45) is 2.01. The van der Waals surface area contributed by atoms with E-state index in [1.165, 1.54) is 0 Å². The van der Waals surface area contributed by atoms with E-state index in [1.807, 2.05) is 33.0 Å². The maximum Gasteiger partial charge on any atom is 0.0819 e. The Hall–Kier alpha value is -0.120. The minimum atomic E-state index is 0.469. The van der Waals surface area contributed by atoms with Crippen LogP contribution in [0.4, 0.5) is 0 Å². The highest BCUT2D eigenvalue weighted by atomic mass is 17.1. The minimum Gasteiger partial charge on any atom is -0.312 e. The van der Waals surface area contributed by atoms with Crippen LogP contribution in [0, 0.1) is 0 Å². The summed E-state index contributed by atoms with van der Waals surface area (Å²) in [5, 5.41) is 7.70. The molecular weight excluding hydrogens is 130 g/mol. The highest BCUT2D eigenvalue weighted by Gasteiger charge is 1.76. The lowest BCUT2D eigenvalue weighted by atomic mass is 10.4. The fourth-order valence-corrected chi connectivity index (χ4v) is 0.209. The predicted molar refractivity (Wildman–Crippen MR) is 43.1 cm³/mol. The molecular formula is C7H19NO2. The molecule has 1 N–H and O–H groups in total. The van der Waals surface area contributed by atoms with Crippen LogP contribution in [0.2, 0.25) is 0 Å². The summed E-state index contributed by atoms with van der Waals surface area (Å²) < 4.78 is 0. The third kappa shape index (κ3) is 45.0. The van der Waals surface area contributed by atoms with Gasteiger partial charge in [-0.15, -0.1) is 0 Å². The van der Waals surface area contributed by atoms with Crippen LogP contribution >= 0.6 is 0 Å². The van der Waals surface area contributed by atoms with Crippen molar-refractivity contribution < 1.29 is 10.1 Å². The van der Waals surface area contributed by atoms with Crippen LogP contribution in [-0.2, 0) is 4.89 Å². The van der Waals surface area contributed by atoms with Gasteiger partial charge in [0.25, 0.3) is 0 Å². The Morgan fingerprint density at radius 2 is 1.70 bits per heavy atom. The molecule has 0 fully saturated rings. The van der Waals surface area contributed by atoms with Gasteiger partial charge in [-0.25, -0.2) is 4.89 Å². The van der Waals surface area contributed by atoms with Crippen molar-refractivity contribution in [3.05, 3.63) is 0 Å². The number of hydrogen-bond acceptors (Lipinski definition) is 3. The molecule has 0 aromatic heterocycles. The first kappa shape index (κ1) is 12.5. The van der Waals surface area contributed by atoms with E-state index in [0.29, 0.717) is 6.61 Å². The molecule has 0 saturated carbocycles. The van der Waals surface area contributed by atoms with Crippen molar-refractivity contribution in [3.8, 4) is 0 Å². The van der Waals surface area contributed by atoms with E-state index in [9.17, 15) is 0 Å². The smallest absolute Gasteiger partial charge is 0.0819 e. The molecule has 0 aromatic rings. The summed E-state index contributed by atoms with van der Waals surface area (Å²) in [6.45, 7) is 2.51. The molecule has 3 heteroatoms. The summed E-state index contributed by atoms with van der Waals surface area (Å²) in [7, 11) is 6.00. The molecule has 0 aromatic carbocycles. The van der Waals surface area contributed by atoms with E-state index in [4.69, 9.17) is 5.26 Å². The Kier molecular flexibility index (Phi) is 14.6. The zero-order chi connectivity index (χ0) is 8.41. The molecule has 0 rings (SSSR count). The molecule has 0 heterocycles. The molecule has 0 amide bonds. The Morgan fingerprint density at radius 1 is 1.30 bits per heavy atom. The molecule has 0 saturated heterocycles. The summed E-state index contributed by atoms with van der Waals surface area (Å²) in [4.78, 5) is 5.78. The van der Waals surface area contributed by atoms with Gasteiger partial charge in [-0.3, -0.25) is 5.26 Å². The van der Waals surface area contributed by atoms with Gasteiger partial charge in [0.2, 0.25) is 0 Å². The average Bonchev–Trinajstić information content (AvgIpc) is 1.82. The Morgan fingerprint density at radius 3 is 1.80 bits per heavy atom. The molecule has 0 aliphatic heterocycles. The zero-order valence-corrected chi connectivity index (χ0v) is 7.42. The topological polar surface area (TPSA) is 32.7 Å². The molecule has 0 atom stereocenters. The number of rotatable bonds is 3. The highest BCUT2D eigenvalue weighted by Crippen LogP contribution is 1.83. The molecule has 0 unspecified atom stereocenters. The number of hydrogen-bond donors (Lipinski definition) is 1. The zero-order valence-electron chi connectivity index (χ0n) is 7.42. The lowest BCUT2D eigenvalue weighted by Crippen LogP contribution is -1.99. The van der Waals surface area contributed by atoms with Gasteiger partial charge < -0.3 is 4.90 Å². The van der Waals surface area contributed by atoms with E-state index in [-0.39, 0.29) is 0 Å². The van der Waals surface area contributed by atoms with Crippen LogP contribution < -0.4 is 0 Å². The third-order valence-electron chi connectivity index (χ3n) is 0.589. The van der Waals surface area contributed by atoms with Gasteiger partial charge in [0.05, 0.1) is 6.61 Å². The molecule has 0 radical (unpaired) electrons. The quantitative estimate of drug-likeness (QED) is 0.374. The van der Waals surface area contributed by atoms with Crippen LogP contribution in [0.3, 0.4) is 0 Å². The fraction of sp³-hybridized carbons (Fsp3) is 1.00. The van der Waals surface area contributed by atoms with Crippen molar-refractivity contribution in [1.29, 1.82) is 0 Å². The first-order valence-corrected chi connectivity index (χ1v) is 3.52. The largest absolute Gasteiger partial charge is 0.312 e. The van der Waals surface area contributed by atoms with Crippen molar-refractivity contribution >= 4 is 0 Å². The van der Waals surface area contributed by atoms with Crippen molar-refractivity contribution in [3.63, 3.8) is 0 Å². The van der Waals surface area contributed by atoms with Crippen molar-refractivity contribution in [2.75, 3.05) is 27.7 Å². The molecule has 10 heavy (non-hydrogen) atoms. The van der Waals surface area contributed by atoms with E-state index in [2.05, 4.69) is 4.89 Å². The Balaban J connectivity index is 0. The van der Waals surface area contributed by atoms with Gasteiger partial charge in [0.15, 0.2) is 0 Å². The van der Waals surface area contributed by atoms with E-state index in [0.717, 1.165) is 12.8 Å². The SMILES string of the molecule is CCCCOO.CN(C)C. The first-order chi connectivity index (χ1) is 4.65. The third-order valence-corrected chi connectivity index (χ3v) is 0.589. The van der Waals surface area contributed by atoms with Crippen molar-refractivity contribution in [2.24, 2.45) is 0 Å². The average molecular weight is 149 g/mol. The second-order valence-corrected chi connectivity index (χ2v) is 2.53. The van der Waals surface area contributed by atoms with Gasteiger partial charge in [0, 0.05) is 0 Å². The molecule has 64 valence electrons. The van der Waals surface area contributed by atoms with Gasteiger partial charge in [-0.05, 0) is 27.6 Å². The van der Waals surface area contributed by atoms with Crippen LogP contribution in [-0.4, -0.2) is 37.9 Å². The second kappa shape index (κ2) is 11.6. The number of unbranched alkanes of at least 4 members (excludes halogenated alkanes) is 1. The summed E-state index contributed by atoms with van der Waals surface area (Å²) in [6, 6.07) is 0. The lowest BCUT2D eigenvalue weighted by Gasteiger charge is -1.90. The van der Waals surface area contributed by atoms with Gasteiger partial charge in [-0.1, -0.05) is 13.3 Å². The number of nitrogens with zero attached hydrogens (tertiary/aromatic N) is 1. The summed E-state index contributed by atoms with van der Waals surface area (Å²) in [5.41, 5.74) is 0. The van der Waals surface area contributed by atoms with Gasteiger partial charge in [-0.2, -0.15) is 0 Å². The highest BCUT2D eigenvalue weighted by molar-refractivity contribution is 4.24. The van der Waals surface area contributed by atoms with Gasteiger partial charge >= 0.3 is 0 Å². The maximum atomic E-state index is 7.70. The first-order valence-electron chi connectivity index (χ1n) is 3.52. The maximum absolute atomic E-state index is 7.70. The molecule has 0 spiro atoms. The van der Waals surface area contributed by atoms with Crippen LogP contribution in [0.1, 0.15) is 19.8 Å². The molecule has 0 aliphatic carbocycles. The predicted octanol–water partition coefficient (Wildman–Crippen LogP) is 1.45. The normalized spacial score (nSPS) is 9.00. The Labute approximate surface area is 63.5 Å². The molecule has 3 nitrogen and oxygen atoms in total. The molecule has 0 aliphatic rings. The van der Waals surface area contributed by atoms with Crippen LogP contribution in [0.5, 0.6) is 0 Å². The Bertz CT molecular complexity index is 42.1. The summed E-state index contributed by atoms with van der Waals surface area (Å²) >= 11 is 0. The van der Waals surface area contributed by atoms with Crippen LogP contribution in [0.25, 0.3) is 0 Å². The van der Waals surface area contributed by atoms with Crippen molar-refractivity contribution in [2.45, 2.75) is 19.8 Å². The van der Waals surface area contributed by atoms with Gasteiger partial charge in [0.1, 0.15) is 0 Å². The van der Waals surface area contributed by atoms with Crippen LogP contribution in [0.15, 0.2) is 0 Å². The fourth-order valence-electron chi connectivity index (χ4n) is 0.209. The van der Waals surface area contributed by atoms with E-state index < -0.39 is 0 Å². The monoisotopic (exact) mass is 149 g/mol. The van der Waals surface area contributed by atoms with Crippen molar-refractivity contribution in [1.82, 2.24) is 4.90 Å². The standard InChI is InChI=1S/C4H10O2.C3H9N/c1-2-3-4-6-5;1-4(2)3/h5H,2-4H2,1H3;1-3H3. The van der Waals surface area contributed by atoms with E-state index >= 15 is 0 Å². The second-order valence-electron chi connectivity index (χ2n) is 2.53. The molecule has 0 bridgehead atoms.